The van der Waals surface area contributed by atoms with Crippen LogP contribution in [0.15, 0.2) is 54.9 Å². The zero-order valence-corrected chi connectivity index (χ0v) is 11.6. The number of nitro benzene ring substituents is 1. The Morgan fingerprint density at radius 3 is 2.71 bits per heavy atom. The lowest BCUT2D eigenvalue weighted by atomic mass is 10.2. The summed E-state index contributed by atoms with van der Waals surface area (Å²) in [6, 6.07) is 13.9. The van der Waals surface area contributed by atoms with Crippen molar-refractivity contribution in [1.29, 1.82) is 0 Å². The van der Waals surface area contributed by atoms with E-state index in [1.807, 2.05) is 24.3 Å². The first kappa shape index (κ1) is 14.7. The normalized spacial score (nSPS) is 9.90. The minimum absolute atomic E-state index is 0. The van der Waals surface area contributed by atoms with Crippen LogP contribution in [0.5, 0.6) is 0 Å². The van der Waals surface area contributed by atoms with Gasteiger partial charge in [0.25, 0.3) is 5.69 Å². The van der Waals surface area contributed by atoms with Crippen molar-refractivity contribution in [3.05, 3.63) is 65.0 Å². The second kappa shape index (κ2) is 6.15. The lowest BCUT2D eigenvalue weighted by molar-refractivity contribution is -0.384. The number of rotatable bonds is 3. The second-order valence-corrected chi connectivity index (χ2v) is 4.17. The number of nitrogens with zero attached hydrogens (tertiary/aromatic N) is 3. The molecule has 2 aromatic carbocycles. The number of anilines is 2. The molecule has 0 radical (unpaired) electrons. The molecule has 21 heavy (non-hydrogen) atoms. The molecule has 1 N–H and O–H groups in total. The molecule has 3 aromatic rings. The number of hydrogen-bond donors (Lipinski definition) is 1. The van der Waals surface area contributed by atoms with Crippen LogP contribution in [0.2, 0.25) is 0 Å². The highest BCUT2D eigenvalue weighted by atomic mass is 35.5. The topological polar surface area (TPSA) is 81.0 Å². The van der Waals surface area contributed by atoms with Crippen molar-refractivity contribution in [2.24, 2.45) is 0 Å². The van der Waals surface area contributed by atoms with Crippen molar-refractivity contribution < 1.29 is 6.35 Å². The number of para-hydroxylation sites is 1. The first-order chi connectivity index (χ1) is 9.74. The predicted molar refractivity (Wildman–Crippen MR) is 85.3 cm³/mol. The highest BCUT2D eigenvalue weighted by molar-refractivity contribution is 5.90. The molecule has 6 nitrogen and oxygen atoms in total. The monoisotopic (exact) mass is 304 g/mol. The van der Waals surface area contributed by atoms with Crippen LogP contribution in [0.4, 0.5) is 17.2 Å². The molecular formula is C14H13ClN4O2. The van der Waals surface area contributed by atoms with E-state index in [1.165, 1.54) is 18.5 Å². The van der Waals surface area contributed by atoms with Gasteiger partial charge in [-0.25, -0.2) is 9.97 Å². The van der Waals surface area contributed by atoms with E-state index in [9.17, 15) is 10.1 Å². The Morgan fingerprint density at radius 2 is 1.90 bits per heavy atom. The highest BCUT2D eigenvalue weighted by Crippen LogP contribution is 2.24. The van der Waals surface area contributed by atoms with Crippen LogP contribution in [-0.2, 0) is 0 Å². The molecule has 0 saturated carbocycles. The van der Waals surface area contributed by atoms with E-state index in [4.69, 9.17) is 0 Å². The van der Waals surface area contributed by atoms with Crippen LogP contribution in [0, 0.1) is 10.1 Å². The Labute approximate surface area is 127 Å². The zero-order valence-electron chi connectivity index (χ0n) is 10.8. The molecule has 0 spiro atoms. The van der Waals surface area contributed by atoms with Gasteiger partial charge in [0.15, 0.2) is 0 Å². The molecular weight excluding hydrogens is 292 g/mol. The Kier molecular flexibility index (Phi) is 4.30. The summed E-state index contributed by atoms with van der Waals surface area (Å²) in [4.78, 5) is 18.7. The molecule has 0 aliphatic carbocycles. The maximum Gasteiger partial charge on any atom is 0.271 e. The molecule has 3 rings (SSSR count). The summed E-state index contributed by atoms with van der Waals surface area (Å²) in [7, 11) is 0. The number of hydrogen-bond acceptors (Lipinski definition) is 5. The van der Waals surface area contributed by atoms with Crippen LogP contribution in [0.1, 0.15) is 1.43 Å². The predicted octanol–water partition coefficient (Wildman–Crippen LogP) is 3.95. The van der Waals surface area contributed by atoms with E-state index < -0.39 is 4.92 Å². The van der Waals surface area contributed by atoms with E-state index in [0.717, 1.165) is 10.9 Å². The van der Waals surface area contributed by atoms with Gasteiger partial charge in [-0.2, -0.15) is 0 Å². The summed E-state index contributed by atoms with van der Waals surface area (Å²) in [5.41, 5.74) is 1.46. The van der Waals surface area contributed by atoms with Gasteiger partial charge in [0.1, 0.15) is 12.1 Å². The van der Waals surface area contributed by atoms with Gasteiger partial charge >= 0.3 is 0 Å². The molecule has 1 heterocycles. The van der Waals surface area contributed by atoms with Crippen LogP contribution in [-0.4, -0.2) is 14.9 Å². The number of nitrogens with one attached hydrogen (secondary N) is 1. The fraction of sp³-hybridized carbons (Fsp3) is 0. The van der Waals surface area contributed by atoms with E-state index in [-0.39, 0.29) is 19.5 Å². The third-order valence-corrected chi connectivity index (χ3v) is 2.86. The number of aromatic nitrogens is 2. The molecule has 0 aliphatic heterocycles. The molecule has 0 unspecified atom stereocenters. The standard InChI is InChI=1S/C14H10N4O2.ClH.H2/c19-18(20)11-5-3-4-10(8-11)17-14-12-6-1-2-7-13(12)15-9-16-14;;/h1-9H,(H,15,16,17);2*1H. The third kappa shape index (κ3) is 3.06. The van der Waals surface area contributed by atoms with E-state index in [1.54, 1.807) is 12.1 Å². The largest absolute Gasteiger partial charge is 0.339 e. The fourth-order valence-electron chi connectivity index (χ4n) is 1.94. The van der Waals surface area contributed by atoms with Crippen molar-refractivity contribution in [2.45, 2.75) is 0 Å². The smallest absolute Gasteiger partial charge is 0.271 e. The summed E-state index contributed by atoms with van der Waals surface area (Å²) < 4.78 is 0. The number of fused-ring (bicyclic) bond motifs is 1. The van der Waals surface area contributed by atoms with Crippen molar-refractivity contribution >= 4 is 40.5 Å². The quantitative estimate of drug-likeness (QED) is 0.585. The van der Waals surface area contributed by atoms with Crippen molar-refractivity contribution in [2.75, 3.05) is 5.32 Å². The summed E-state index contributed by atoms with van der Waals surface area (Å²) in [5.74, 6) is 0.621. The van der Waals surface area contributed by atoms with Crippen LogP contribution < -0.4 is 5.32 Å². The van der Waals surface area contributed by atoms with Gasteiger partial charge < -0.3 is 5.32 Å². The van der Waals surface area contributed by atoms with Crippen LogP contribution in [0.3, 0.4) is 0 Å². The minimum atomic E-state index is -0.427. The summed E-state index contributed by atoms with van der Waals surface area (Å²) in [6.45, 7) is 0. The Balaban J connectivity index is 0.00000121. The zero-order chi connectivity index (χ0) is 13.9. The van der Waals surface area contributed by atoms with Crippen molar-refractivity contribution in [3.63, 3.8) is 0 Å². The first-order valence-corrected chi connectivity index (χ1v) is 5.95. The number of benzene rings is 2. The van der Waals surface area contributed by atoms with E-state index >= 15 is 0 Å². The molecule has 108 valence electrons. The first-order valence-electron chi connectivity index (χ1n) is 5.95. The minimum Gasteiger partial charge on any atom is -0.339 e. The maximum atomic E-state index is 10.8. The Hall–Kier alpha value is -2.73. The van der Waals surface area contributed by atoms with Gasteiger partial charge in [0.05, 0.1) is 10.4 Å². The Bertz CT molecular complexity index is 795. The molecule has 0 fully saturated rings. The summed E-state index contributed by atoms with van der Waals surface area (Å²) in [5, 5.41) is 14.7. The van der Waals surface area contributed by atoms with Crippen LogP contribution in [0.25, 0.3) is 10.9 Å². The summed E-state index contributed by atoms with van der Waals surface area (Å²) >= 11 is 0. The average Bonchev–Trinajstić information content (AvgIpc) is 2.48. The average molecular weight is 305 g/mol. The van der Waals surface area contributed by atoms with Crippen molar-refractivity contribution in [3.8, 4) is 0 Å². The molecule has 0 atom stereocenters. The number of non-ortho nitro benzene ring substituents is 1. The molecule has 0 aliphatic rings. The molecule has 7 heteroatoms. The Morgan fingerprint density at radius 1 is 1.10 bits per heavy atom. The maximum absolute atomic E-state index is 10.8. The van der Waals surface area contributed by atoms with Gasteiger partial charge in [-0.15, -0.1) is 12.4 Å². The fourth-order valence-corrected chi connectivity index (χ4v) is 1.94. The van der Waals surface area contributed by atoms with Gasteiger partial charge in [0.2, 0.25) is 0 Å². The molecule has 1 aromatic heterocycles. The van der Waals surface area contributed by atoms with Crippen molar-refractivity contribution in [1.82, 2.24) is 9.97 Å². The van der Waals surface area contributed by atoms with Crippen LogP contribution >= 0.6 is 12.4 Å². The van der Waals surface area contributed by atoms with Gasteiger partial charge in [-0.05, 0) is 18.2 Å². The van der Waals surface area contributed by atoms with E-state index in [2.05, 4.69) is 15.3 Å². The lowest BCUT2D eigenvalue weighted by Gasteiger charge is -2.07. The van der Waals surface area contributed by atoms with Gasteiger partial charge in [-0.1, -0.05) is 18.2 Å². The van der Waals surface area contributed by atoms with E-state index in [0.29, 0.717) is 11.5 Å². The highest BCUT2D eigenvalue weighted by Gasteiger charge is 2.07. The molecule has 0 saturated heterocycles. The second-order valence-electron chi connectivity index (χ2n) is 4.17. The number of halogens is 1. The lowest BCUT2D eigenvalue weighted by Crippen LogP contribution is -1.96. The van der Waals surface area contributed by atoms with Gasteiger partial charge in [-0.3, -0.25) is 10.1 Å². The number of nitro groups is 1. The SMILES string of the molecule is Cl.O=[N+]([O-])c1cccc(Nc2ncnc3ccccc23)c1.[HH]. The molecule has 0 bridgehead atoms. The summed E-state index contributed by atoms with van der Waals surface area (Å²) in [6.07, 6.45) is 1.46. The van der Waals surface area contributed by atoms with Gasteiger partial charge in [0, 0.05) is 24.6 Å². The molecule has 0 amide bonds. The third-order valence-electron chi connectivity index (χ3n) is 2.86.